The fourth-order valence-electron chi connectivity index (χ4n) is 2.60. The van der Waals surface area contributed by atoms with Gasteiger partial charge in [-0.2, -0.15) is 0 Å². The number of hydrogen-bond donors (Lipinski definition) is 1. The van der Waals surface area contributed by atoms with E-state index in [1.54, 1.807) is 19.1 Å². The predicted octanol–water partition coefficient (Wildman–Crippen LogP) is 3.43. The van der Waals surface area contributed by atoms with E-state index in [2.05, 4.69) is 12.2 Å². The number of ether oxygens (including phenoxy) is 1. The van der Waals surface area contributed by atoms with Gasteiger partial charge in [-0.15, -0.1) is 0 Å². The first-order chi connectivity index (χ1) is 8.70. The maximum Gasteiger partial charge on any atom is 0.126 e. The van der Waals surface area contributed by atoms with Gasteiger partial charge in [0.2, 0.25) is 0 Å². The molecule has 0 amide bonds. The first-order valence-electron chi connectivity index (χ1n) is 6.87. The molecule has 1 fully saturated rings. The molecule has 3 heteroatoms. The molecule has 0 bridgehead atoms. The highest BCUT2D eigenvalue weighted by atomic mass is 19.1. The average molecular weight is 251 g/mol. The van der Waals surface area contributed by atoms with Gasteiger partial charge >= 0.3 is 0 Å². The van der Waals surface area contributed by atoms with E-state index in [0.717, 1.165) is 18.7 Å². The van der Waals surface area contributed by atoms with Crippen LogP contribution >= 0.6 is 0 Å². The van der Waals surface area contributed by atoms with Crippen molar-refractivity contribution in [2.75, 3.05) is 6.54 Å². The number of halogens is 1. The summed E-state index contributed by atoms with van der Waals surface area (Å²) in [5.74, 6) is 0.609. The molecule has 2 unspecified atom stereocenters. The smallest absolute Gasteiger partial charge is 0.126 e. The Bertz CT molecular complexity index is 392. The van der Waals surface area contributed by atoms with Gasteiger partial charge in [0.15, 0.2) is 0 Å². The summed E-state index contributed by atoms with van der Waals surface area (Å²) in [5, 5.41) is 3.48. The molecule has 1 N–H and O–H groups in total. The minimum Gasteiger partial charge on any atom is -0.489 e. The molecule has 2 nitrogen and oxygen atoms in total. The molecule has 100 valence electrons. The summed E-state index contributed by atoms with van der Waals surface area (Å²) in [7, 11) is 0. The van der Waals surface area contributed by atoms with Crippen LogP contribution in [-0.2, 0) is 0 Å². The third-order valence-electron chi connectivity index (χ3n) is 3.59. The Morgan fingerprint density at radius 3 is 2.83 bits per heavy atom. The van der Waals surface area contributed by atoms with Crippen LogP contribution in [0.2, 0.25) is 0 Å². The highest BCUT2D eigenvalue weighted by molar-refractivity contribution is 5.29. The van der Waals surface area contributed by atoms with E-state index >= 15 is 0 Å². The second kappa shape index (κ2) is 6.19. The second-order valence-electron chi connectivity index (χ2n) is 5.02. The van der Waals surface area contributed by atoms with Crippen LogP contribution in [0.3, 0.4) is 0 Å². The number of benzene rings is 1. The molecule has 1 aliphatic carbocycles. The Balaban J connectivity index is 2.03. The molecule has 0 aliphatic heterocycles. The molecule has 0 spiro atoms. The van der Waals surface area contributed by atoms with Crippen molar-refractivity contribution in [3.63, 3.8) is 0 Å². The van der Waals surface area contributed by atoms with E-state index in [9.17, 15) is 4.39 Å². The summed E-state index contributed by atoms with van der Waals surface area (Å²) in [6, 6.07) is 5.41. The standard InChI is InChI=1S/C15H22FNO/c1-3-17-14-6-4-5-7-15(14)18-12-8-9-13(16)11(2)10-12/h8-10,14-15,17H,3-7H2,1-2H3. The van der Waals surface area contributed by atoms with Crippen LogP contribution < -0.4 is 10.1 Å². The molecule has 0 saturated heterocycles. The van der Waals surface area contributed by atoms with Gasteiger partial charge < -0.3 is 10.1 Å². The minimum atomic E-state index is -0.172. The zero-order chi connectivity index (χ0) is 13.0. The van der Waals surface area contributed by atoms with Gasteiger partial charge in [0.25, 0.3) is 0 Å². The van der Waals surface area contributed by atoms with Gasteiger partial charge in [-0.25, -0.2) is 4.39 Å². The van der Waals surface area contributed by atoms with Crippen LogP contribution in [0.15, 0.2) is 18.2 Å². The van der Waals surface area contributed by atoms with Gasteiger partial charge in [0.1, 0.15) is 17.7 Å². The number of likely N-dealkylation sites (N-methyl/N-ethyl adjacent to an activating group) is 1. The number of aryl methyl sites for hydroxylation is 1. The van der Waals surface area contributed by atoms with Crippen LogP contribution in [0.4, 0.5) is 4.39 Å². The van der Waals surface area contributed by atoms with Gasteiger partial charge in [-0.3, -0.25) is 0 Å². The number of rotatable bonds is 4. The topological polar surface area (TPSA) is 21.3 Å². The van der Waals surface area contributed by atoms with Crippen LogP contribution in [0.25, 0.3) is 0 Å². The summed E-state index contributed by atoms with van der Waals surface area (Å²) in [4.78, 5) is 0. The lowest BCUT2D eigenvalue weighted by Gasteiger charge is -2.32. The SMILES string of the molecule is CCNC1CCCCC1Oc1ccc(F)c(C)c1. The molecule has 1 saturated carbocycles. The van der Waals surface area contributed by atoms with Crippen molar-refractivity contribution in [2.24, 2.45) is 0 Å². The third-order valence-corrected chi connectivity index (χ3v) is 3.59. The largest absolute Gasteiger partial charge is 0.489 e. The average Bonchev–Trinajstić information content (AvgIpc) is 2.37. The zero-order valence-electron chi connectivity index (χ0n) is 11.2. The Labute approximate surface area is 109 Å². The Morgan fingerprint density at radius 2 is 2.11 bits per heavy atom. The van der Waals surface area contributed by atoms with Crippen molar-refractivity contribution in [3.05, 3.63) is 29.6 Å². The maximum absolute atomic E-state index is 13.2. The first-order valence-corrected chi connectivity index (χ1v) is 6.87. The normalized spacial score (nSPS) is 23.9. The van der Waals surface area contributed by atoms with Crippen molar-refractivity contribution in [1.29, 1.82) is 0 Å². The van der Waals surface area contributed by atoms with Crippen molar-refractivity contribution in [3.8, 4) is 5.75 Å². The molecule has 1 aliphatic rings. The summed E-state index contributed by atoms with van der Waals surface area (Å²) in [6.07, 6.45) is 4.93. The lowest BCUT2D eigenvalue weighted by atomic mass is 9.92. The Kier molecular flexibility index (Phi) is 4.59. The first kappa shape index (κ1) is 13.3. The maximum atomic E-state index is 13.2. The zero-order valence-corrected chi connectivity index (χ0v) is 11.2. The summed E-state index contributed by atoms with van der Waals surface area (Å²) < 4.78 is 19.2. The summed E-state index contributed by atoms with van der Waals surface area (Å²) >= 11 is 0. The van der Waals surface area contributed by atoms with Crippen LogP contribution in [0.1, 0.15) is 38.2 Å². The molecule has 2 rings (SSSR count). The molecule has 1 aromatic carbocycles. The molecule has 1 aromatic rings. The fourth-order valence-corrected chi connectivity index (χ4v) is 2.60. The van der Waals surface area contributed by atoms with Crippen molar-refractivity contribution in [1.82, 2.24) is 5.32 Å². The van der Waals surface area contributed by atoms with E-state index in [1.807, 2.05) is 0 Å². The summed E-state index contributed by atoms with van der Waals surface area (Å²) in [6.45, 7) is 4.85. The Morgan fingerprint density at radius 1 is 1.33 bits per heavy atom. The van der Waals surface area contributed by atoms with Gasteiger partial charge in [0, 0.05) is 6.04 Å². The minimum absolute atomic E-state index is 0.172. The van der Waals surface area contributed by atoms with Gasteiger partial charge in [-0.1, -0.05) is 13.3 Å². The quantitative estimate of drug-likeness (QED) is 0.885. The molecule has 2 atom stereocenters. The summed E-state index contributed by atoms with van der Waals surface area (Å²) in [5.41, 5.74) is 0.642. The fraction of sp³-hybridized carbons (Fsp3) is 0.600. The van der Waals surface area contributed by atoms with Crippen LogP contribution in [0, 0.1) is 12.7 Å². The van der Waals surface area contributed by atoms with E-state index in [-0.39, 0.29) is 11.9 Å². The van der Waals surface area contributed by atoms with Crippen LogP contribution in [0.5, 0.6) is 5.75 Å². The van der Waals surface area contributed by atoms with Crippen molar-refractivity contribution in [2.45, 2.75) is 51.7 Å². The third kappa shape index (κ3) is 3.22. The van der Waals surface area contributed by atoms with Gasteiger partial charge in [0.05, 0.1) is 0 Å². The molecule has 0 radical (unpaired) electrons. The predicted molar refractivity (Wildman–Crippen MR) is 71.5 cm³/mol. The van der Waals surface area contributed by atoms with E-state index < -0.39 is 0 Å². The van der Waals surface area contributed by atoms with E-state index in [1.165, 1.54) is 25.3 Å². The molecular weight excluding hydrogens is 229 g/mol. The Hall–Kier alpha value is -1.09. The van der Waals surface area contributed by atoms with Crippen LogP contribution in [-0.4, -0.2) is 18.7 Å². The van der Waals surface area contributed by atoms with E-state index in [4.69, 9.17) is 4.74 Å². The number of hydrogen-bond acceptors (Lipinski definition) is 2. The van der Waals surface area contributed by atoms with Crippen molar-refractivity contribution < 1.29 is 9.13 Å². The van der Waals surface area contributed by atoms with Crippen molar-refractivity contribution >= 4 is 0 Å². The second-order valence-corrected chi connectivity index (χ2v) is 5.02. The lowest BCUT2D eigenvalue weighted by Crippen LogP contribution is -2.45. The molecule has 0 heterocycles. The highest BCUT2D eigenvalue weighted by Gasteiger charge is 2.25. The molecule has 18 heavy (non-hydrogen) atoms. The van der Waals surface area contributed by atoms with E-state index in [0.29, 0.717) is 11.6 Å². The monoisotopic (exact) mass is 251 g/mol. The highest BCUT2D eigenvalue weighted by Crippen LogP contribution is 2.25. The number of nitrogens with one attached hydrogen (secondary N) is 1. The molecule has 0 aromatic heterocycles. The molecular formula is C15H22FNO. The van der Waals surface area contributed by atoms with Gasteiger partial charge in [-0.05, 0) is 56.5 Å². The lowest BCUT2D eigenvalue weighted by molar-refractivity contribution is 0.115.